The average Bonchev–Trinajstić information content (AvgIpc) is 2.86. The molecule has 0 unspecified atom stereocenters. The van der Waals surface area contributed by atoms with Crippen LogP contribution in [0.25, 0.3) is 0 Å². The maximum Gasteiger partial charge on any atom is 0.431 e. The number of anilines is 1. The summed E-state index contributed by atoms with van der Waals surface area (Å²) >= 11 is 0. The number of hydroxylamine groups is 1. The van der Waals surface area contributed by atoms with Crippen molar-refractivity contribution in [3.8, 4) is 0 Å². The molecule has 0 saturated carbocycles. The molecule has 1 aliphatic rings. The topological polar surface area (TPSA) is 131 Å². The Morgan fingerprint density at radius 1 is 1.09 bits per heavy atom. The number of amides is 3. The molecule has 0 spiro atoms. The minimum atomic E-state index is -0.823. The minimum Gasteiger partial charge on any atom is -0.445 e. The van der Waals surface area contributed by atoms with Crippen molar-refractivity contribution in [3.63, 3.8) is 0 Å². The zero-order chi connectivity index (χ0) is 25.3. The fourth-order valence-corrected chi connectivity index (χ4v) is 3.20. The van der Waals surface area contributed by atoms with E-state index in [4.69, 9.17) is 14.2 Å². The van der Waals surface area contributed by atoms with Crippen molar-refractivity contribution in [1.82, 2.24) is 20.6 Å². The second kappa shape index (κ2) is 16.5. The Bertz CT molecular complexity index is 772. The van der Waals surface area contributed by atoms with Gasteiger partial charge in [0.25, 0.3) is 0 Å². The Morgan fingerprint density at radius 3 is 2.51 bits per heavy atom. The molecule has 1 aliphatic heterocycles. The van der Waals surface area contributed by atoms with Crippen molar-refractivity contribution >= 4 is 23.8 Å². The van der Waals surface area contributed by atoms with Gasteiger partial charge in [-0.1, -0.05) is 12.1 Å². The molecule has 12 nitrogen and oxygen atoms in total. The second-order valence-electron chi connectivity index (χ2n) is 7.81. The van der Waals surface area contributed by atoms with E-state index in [1.165, 1.54) is 11.8 Å². The van der Waals surface area contributed by atoms with Gasteiger partial charge in [-0.25, -0.2) is 9.59 Å². The number of carbonyl (C=O) groups excluding carboxylic acids is 3. The number of hydrogen-bond donors (Lipinski definition) is 3. The van der Waals surface area contributed by atoms with Gasteiger partial charge < -0.3 is 34.6 Å². The lowest BCUT2D eigenvalue weighted by molar-refractivity contribution is -0.127. The van der Waals surface area contributed by atoms with E-state index in [2.05, 4.69) is 20.4 Å². The van der Waals surface area contributed by atoms with Crippen molar-refractivity contribution in [2.75, 3.05) is 77.6 Å². The number of hydrogen-bond acceptors (Lipinski definition) is 9. The molecule has 196 valence electrons. The molecule has 0 aliphatic carbocycles. The first kappa shape index (κ1) is 28.1. The van der Waals surface area contributed by atoms with E-state index in [0.29, 0.717) is 19.8 Å². The van der Waals surface area contributed by atoms with Crippen LogP contribution >= 0.6 is 0 Å². The van der Waals surface area contributed by atoms with E-state index in [1.807, 2.05) is 36.7 Å². The molecule has 35 heavy (non-hydrogen) atoms. The highest BCUT2D eigenvalue weighted by atomic mass is 16.7. The zero-order valence-corrected chi connectivity index (χ0v) is 20.5. The molecule has 1 aromatic rings. The van der Waals surface area contributed by atoms with E-state index in [1.54, 1.807) is 0 Å². The number of rotatable bonds is 13. The van der Waals surface area contributed by atoms with E-state index in [0.717, 1.165) is 50.6 Å². The molecular weight excluding hydrogens is 458 g/mol. The maximum atomic E-state index is 12.7. The number of nitrogens with one attached hydrogen (secondary N) is 3. The highest BCUT2D eigenvalue weighted by molar-refractivity contribution is 5.75. The Hall–Kier alpha value is -3.09. The third-order valence-electron chi connectivity index (χ3n) is 5.05. The van der Waals surface area contributed by atoms with Crippen LogP contribution in [0.15, 0.2) is 24.3 Å². The van der Waals surface area contributed by atoms with Gasteiger partial charge in [-0.05, 0) is 24.6 Å². The highest BCUT2D eigenvalue weighted by Gasteiger charge is 2.16. The summed E-state index contributed by atoms with van der Waals surface area (Å²) in [4.78, 5) is 43.4. The van der Waals surface area contributed by atoms with Gasteiger partial charge in [0.05, 0.1) is 26.4 Å². The number of benzene rings is 1. The van der Waals surface area contributed by atoms with Gasteiger partial charge in [-0.2, -0.15) is 5.48 Å². The third kappa shape index (κ3) is 12.3. The molecule has 12 heteroatoms. The van der Waals surface area contributed by atoms with Crippen LogP contribution in [0.2, 0.25) is 0 Å². The smallest absolute Gasteiger partial charge is 0.431 e. The number of ether oxygens (including phenoxy) is 3. The van der Waals surface area contributed by atoms with Crippen molar-refractivity contribution in [2.45, 2.75) is 20.5 Å². The summed E-state index contributed by atoms with van der Waals surface area (Å²) in [6.45, 7) is 9.68. The summed E-state index contributed by atoms with van der Waals surface area (Å²) in [7, 11) is 0. The van der Waals surface area contributed by atoms with E-state index < -0.39 is 18.1 Å². The SMILES string of the molecule is CCNc1ccc(COC(=O)N(CCNC(=O)ONC(C)=O)CCOCCN2CCOCC2)cc1. The summed E-state index contributed by atoms with van der Waals surface area (Å²) in [5, 5.41) is 5.68. The Balaban J connectivity index is 1.77. The van der Waals surface area contributed by atoms with Crippen LogP contribution in [0.1, 0.15) is 19.4 Å². The number of nitrogens with zero attached hydrogens (tertiary/aromatic N) is 2. The van der Waals surface area contributed by atoms with Crippen molar-refractivity contribution < 1.29 is 33.4 Å². The van der Waals surface area contributed by atoms with E-state index in [-0.39, 0.29) is 19.7 Å². The zero-order valence-electron chi connectivity index (χ0n) is 20.5. The lowest BCUT2D eigenvalue weighted by Gasteiger charge is -2.26. The standard InChI is InChI=1S/C23H37N5O7/c1-3-24-21-6-4-20(5-7-21)18-34-23(31)28(9-8-25-22(30)35-26-19(2)29)13-17-33-16-12-27-10-14-32-15-11-27/h4-7,24H,3,8-18H2,1-2H3,(H,25,30)(H,26,29). The molecule has 0 atom stereocenters. The lowest BCUT2D eigenvalue weighted by atomic mass is 10.2. The molecule has 3 amide bonds. The Kier molecular flexibility index (Phi) is 13.3. The fourth-order valence-electron chi connectivity index (χ4n) is 3.20. The van der Waals surface area contributed by atoms with Crippen LogP contribution in [0.4, 0.5) is 15.3 Å². The molecule has 1 heterocycles. The second-order valence-corrected chi connectivity index (χ2v) is 7.81. The molecule has 1 fully saturated rings. The van der Waals surface area contributed by atoms with Gasteiger partial charge in [-0.3, -0.25) is 9.69 Å². The maximum absolute atomic E-state index is 12.7. The fraction of sp³-hybridized carbons (Fsp3) is 0.609. The quantitative estimate of drug-likeness (QED) is 0.273. The van der Waals surface area contributed by atoms with Gasteiger partial charge in [0, 0.05) is 58.4 Å². The average molecular weight is 496 g/mol. The first-order chi connectivity index (χ1) is 17.0. The van der Waals surface area contributed by atoms with Crippen molar-refractivity contribution in [3.05, 3.63) is 29.8 Å². The third-order valence-corrected chi connectivity index (χ3v) is 5.05. The predicted molar refractivity (Wildman–Crippen MR) is 129 cm³/mol. The predicted octanol–water partition coefficient (Wildman–Crippen LogP) is 1.18. The van der Waals surface area contributed by atoms with Crippen LogP contribution in [-0.4, -0.2) is 100 Å². The summed E-state index contributed by atoms with van der Waals surface area (Å²) in [5.74, 6) is -0.502. The molecule has 0 radical (unpaired) electrons. The Morgan fingerprint density at radius 2 is 1.83 bits per heavy atom. The van der Waals surface area contributed by atoms with Crippen molar-refractivity contribution in [2.24, 2.45) is 0 Å². The largest absolute Gasteiger partial charge is 0.445 e. The van der Waals surface area contributed by atoms with Crippen LogP contribution in [0.3, 0.4) is 0 Å². The molecule has 1 saturated heterocycles. The van der Waals surface area contributed by atoms with Crippen LogP contribution in [-0.2, 0) is 30.4 Å². The number of morpholine rings is 1. The van der Waals surface area contributed by atoms with E-state index in [9.17, 15) is 14.4 Å². The molecule has 1 aromatic carbocycles. The van der Waals surface area contributed by atoms with Gasteiger partial charge in [0.1, 0.15) is 6.61 Å². The molecule has 0 bridgehead atoms. The van der Waals surface area contributed by atoms with Gasteiger partial charge in [0.15, 0.2) is 0 Å². The minimum absolute atomic E-state index is 0.110. The van der Waals surface area contributed by atoms with Gasteiger partial charge in [-0.15, -0.1) is 0 Å². The van der Waals surface area contributed by atoms with Crippen molar-refractivity contribution in [1.29, 1.82) is 0 Å². The highest BCUT2D eigenvalue weighted by Crippen LogP contribution is 2.11. The Labute approximate surface area is 206 Å². The summed E-state index contributed by atoms with van der Waals surface area (Å²) in [5.41, 5.74) is 3.80. The van der Waals surface area contributed by atoms with E-state index >= 15 is 0 Å². The lowest BCUT2D eigenvalue weighted by Crippen LogP contribution is -2.42. The molecule has 0 aromatic heterocycles. The van der Waals surface area contributed by atoms with Crippen LogP contribution < -0.4 is 16.1 Å². The van der Waals surface area contributed by atoms with Crippen LogP contribution in [0.5, 0.6) is 0 Å². The van der Waals surface area contributed by atoms with Crippen LogP contribution in [0, 0.1) is 0 Å². The summed E-state index contributed by atoms with van der Waals surface area (Å²) in [6.07, 6.45) is -1.34. The van der Waals surface area contributed by atoms with Gasteiger partial charge in [0.2, 0.25) is 5.91 Å². The summed E-state index contributed by atoms with van der Waals surface area (Å²) < 4.78 is 16.5. The molecule has 2 rings (SSSR count). The molecule has 3 N–H and O–H groups in total. The normalized spacial score (nSPS) is 13.5. The molecular formula is C23H37N5O7. The summed E-state index contributed by atoms with van der Waals surface area (Å²) in [6, 6.07) is 7.64. The van der Waals surface area contributed by atoms with Gasteiger partial charge >= 0.3 is 12.2 Å². The first-order valence-corrected chi connectivity index (χ1v) is 11.8. The monoisotopic (exact) mass is 495 g/mol. The number of carbonyl (C=O) groups is 3. The first-order valence-electron chi connectivity index (χ1n) is 11.8.